The Labute approximate surface area is 93.2 Å². The molecule has 0 unspecified atom stereocenters. The number of hydrogen-bond donors (Lipinski definition) is 0. The third-order valence-electron chi connectivity index (χ3n) is 2.07. The first kappa shape index (κ1) is 10.2. The smallest absolute Gasteiger partial charge is 0.189 e. The zero-order chi connectivity index (χ0) is 10.7. The van der Waals surface area contributed by atoms with Crippen molar-refractivity contribution in [2.75, 3.05) is 6.26 Å². The lowest BCUT2D eigenvalue weighted by molar-refractivity contribution is 0.790. The van der Waals surface area contributed by atoms with Gasteiger partial charge in [0.2, 0.25) is 0 Å². The highest BCUT2D eigenvalue weighted by Crippen LogP contribution is 2.21. The van der Waals surface area contributed by atoms with Crippen LogP contribution in [-0.2, 0) is 0 Å². The van der Waals surface area contributed by atoms with E-state index in [1.54, 1.807) is 11.8 Å². The molecular weight excluding hydrogens is 206 g/mol. The van der Waals surface area contributed by atoms with E-state index in [-0.39, 0.29) is 0 Å². The second-order valence-electron chi connectivity index (χ2n) is 3.11. The van der Waals surface area contributed by atoms with Crippen LogP contribution >= 0.6 is 11.8 Å². The minimum atomic E-state index is 0.931. The SMILES string of the molecule is CCC=Nn1c(SC)nc2ccccc21. The van der Waals surface area contributed by atoms with Gasteiger partial charge in [-0.05, 0) is 24.8 Å². The maximum absolute atomic E-state index is 4.50. The van der Waals surface area contributed by atoms with E-state index in [9.17, 15) is 0 Å². The van der Waals surface area contributed by atoms with Gasteiger partial charge >= 0.3 is 0 Å². The van der Waals surface area contributed by atoms with Gasteiger partial charge in [-0.1, -0.05) is 30.8 Å². The molecule has 0 saturated carbocycles. The molecule has 2 rings (SSSR count). The average molecular weight is 219 g/mol. The molecule has 4 heteroatoms. The Morgan fingerprint density at radius 1 is 1.47 bits per heavy atom. The summed E-state index contributed by atoms with van der Waals surface area (Å²) < 4.78 is 1.89. The zero-order valence-electron chi connectivity index (χ0n) is 8.84. The summed E-state index contributed by atoms with van der Waals surface area (Å²) in [7, 11) is 0. The van der Waals surface area contributed by atoms with Gasteiger partial charge in [-0.2, -0.15) is 5.10 Å². The Morgan fingerprint density at radius 2 is 2.27 bits per heavy atom. The molecule has 0 fully saturated rings. The maximum atomic E-state index is 4.50. The first-order chi connectivity index (χ1) is 7.36. The lowest BCUT2D eigenvalue weighted by Gasteiger charge is -1.98. The van der Waals surface area contributed by atoms with Gasteiger partial charge in [-0.15, -0.1) is 0 Å². The number of thioether (sulfide) groups is 1. The topological polar surface area (TPSA) is 30.2 Å². The van der Waals surface area contributed by atoms with E-state index >= 15 is 0 Å². The minimum absolute atomic E-state index is 0.931. The predicted octanol–water partition coefficient (Wildman–Crippen LogP) is 3.00. The van der Waals surface area contributed by atoms with Crippen LogP contribution in [0.3, 0.4) is 0 Å². The Morgan fingerprint density at radius 3 is 3.00 bits per heavy atom. The molecule has 15 heavy (non-hydrogen) atoms. The summed E-state index contributed by atoms with van der Waals surface area (Å²) in [6, 6.07) is 8.04. The number of para-hydroxylation sites is 2. The molecule has 0 aliphatic rings. The number of hydrogen-bond acceptors (Lipinski definition) is 3. The van der Waals surface area contributed by atoms with Crippen LogP contribution in [0.2, 0.25) is 0 Å². The average Bonchev–Trinajstić information content (AvgIpc) is 2.64. The van der Waals surface area contributed by atoms with E-state index in [0.717, 1.165) is 22.6 Å². The van der Waals surface area contributed by atoms with Crippen LogP contribution in [0, 0.1) is 0 Å². The number of rotatable bonds is 3. The first-order valence-electron chi connectivity index (χ1n) is 4.91. The Hall–Kier alpha value is -1.29. The van der Waals surface area contributed by atoms with E-state index in [4.69, 9.17) is 0 Å². The minimum Gasteiger partial charge on any atom is -0.221 e. The molecule has 0 N–H and O–H groups in total. The van der Waals surface area contributed by atoms with Crippen molar-refractivity contribution in [1.29, 1.82) is 0 Å². The fourth-order valence-corrected chi connectivity index (χ4v) is 1.91. The third-order valence-corrected chi connectivity index (χ3v) is 2.70. The molecule has 1 aromatic heterocycles. The van der Waals surface area contributed by atoms with Crippen LogP contribution in [-0.4, -0.2) is 22.1 Å². The lowest BCUT2D eigenvalue weighted by atomic mass is 10.3. The van der Waals surface area contributed by atoms with Crippen LogP contribution in [0.25, 0.3) is 11.0 Å². The number of aromatic nitrogens is 2. The van der Waals surface area contributed by atoms with Crippen LogP contribution in [0.15, 0.2) is 34.5 Å². The highest BCUT2D eigenvalue weighted by Gasteiger charge is 2.07. The molecule has 0 bridgehead atoms. The van der Waals surface area contributed by atoms with Gasteiger partial charge in [0.05, 0.1) is 11.0 Å². The molecule has 0 amide bonds. The molecular formula is C11H13N3S. The van der Waals surface area contributed by atoms with Gasteiger partial charge in [0.1, 0.15) is 0 Å². The van der Waals surface area contributed by atoms with Crippen molar-refractivity contribution in [2.45, 2.75) is 18.5 Å². The number of nitrogens with zero attached hydrogens (tertiary/aromatic N) is 3. The third kappa shape index (κ3) is 1.90. The van der Waals surface area contributed by atoms with Crippen LogP contribution in [0.5, 0.6) is 0 Å². The summed E-state index contributed by atoms with van der Waals surface area (Å²) in [5.41, 5.74) is 2.06. The van der Waals surface area contributed by atoms with Crippen molar-refractivity contribution in [2.24, 2.45) is 5.10 Å². The Balaban J connectivity index is 2.61. The molecule has 0 aliphatic carbocycles. The van der Waals surface area contributed by atoms with Gasteiger partial charge in [-0.25, -0.2) is 9.66 Å². The van der Waals surface area contributed by atoms with Gasteiger partial charge in [0, 0.05) is 6.21 Å². The quantitative estimate of drug-likeness (QED) is 0.587. The standard InChI is InChI=1S/C11H13N3S/c1-3-8-12-14-10-7-5-4-6-9(10)13-11(14)15-2/h4-8H,3H2,1-2H3. The fraction of sp³-hybridized carbons (Fsp3) is 0.273. The zero-order valence-corrected chi connectivity index (χ0v) is 9.66. The summed E-state index contributed by atoms with van der Waals surface area (Å²) in [6.07, 6.45) is 4.84. The molecule has 0 radical (unpaired) electrons. The molecule has 0 saturated heterocycles. The van der Waals surface area contributed by atoms with Crippen LogP contribution < -0.4 is 0 Å². The largest absolute Gasteiger partial charge is 0.221 e. The Bertz CT molecular complexity index is 488. The first-order valence-corrected chi connectivity index (χ1v) is 6.13. The summed E-state index contributed by atoms with van der Waals surface area (Å²) in [4.78, 5) is 4.50. The van der Waals surface area contributed by atoms with Gasteiger partial charge < -0.3 is 0 Å². The monoisotopic (exact) mass is 219 g/mol. The van der Waals surface area contributed by atoms with E-state index in [0.29, 0.717) is 0 Å². The summed E-state index contributed by atoms with van der Waals surface area (Å²) in [5, 5.41) is 5.32. The van der Waals surface area contributed by atoms with Gasteiger partial charge in [-0.3, -0.25) is 0 Å². The lowest BCUT2D eigenvalue weighted by Crippen LogP contribution is -1.91. The van der Waals surface area contributed by atoms with Gasteiger partial charge in [0.25, 0.3) is 0 Å². The fourth-order valence-electron chi connectivity index (χ4n) is 1.40. The molecule has 1 heterocycles. The second kappa shape index (κ2) is 4.49. The highest BCUT2D eigenvalue weighted by atomic mass is 32.2. The van der Waals surface area contributed by atoms with Gasteiger partial charge in [0.15, 0.2) is 5.16 Å². The summed E-state index contributed by atoms with van der Waals surface area (Å²) >= 11 is 1.61. The molecule has 0 atom stereocenters. The van der Waals surface area contributed by atoms with Crippen molar-refractivity contribution in [3.8, 4) is 0 Å². The van der Waals surface area contributed by atoms with E-state index in [1.165, 1.54) is 0 Å². The summed E-state index contributed by atoms with van der Waals surface area (Å²) in [6.45, 7) is 2.07. The summed E-state index contributed by atoms with van der Waals surface area (Å²) in [5.74, 6) is 0. The molecule has 2 aromatic rings. The van der Waals surface area contributed by atoms with Crippen molar-refractivity contribution in [1.82, 2.24) is 9.66 Å². The molecule has 0 spiro atoms. The van der Waals surface area contributed by atoms with E-state index in [2.05, 4.69) is 17.0 Å². The number of benzene rings is 1. The maximum Gasteiger partial charge on any atom is 0.189 e. The normalized spacial score (nSPS) is 11.6. The Kier molecular flexibility index (Phi) is 3.06. The van der Waals surface area contributed by atoms with Crippen molar-refractivity contribution in [3.05, 3.63) is 24.3 Å². The van der Waals surface area contributed by atoms with Crippen LogP contribution in [0.4, 0.5) is 0 Å². The molecule has 3 nitrogen and oxygen atoms in total. The molecule has 78 valence electrons. The number of fused-ring (bicyclic) bond motifs is 1. The van der Waals surface area contributed by atoms with Crippen molar-refractivity contribution < 1.29 is 0 Å². The van der Waals surface area contributed by atoms with E-state index < -0.39 is 0 Å². The second-order valence-corrected chi connectivity index (χ2v) is 3.88. The predicted molar refractivity (Wildman–Crippen MR) is 65.7 cm³/mol. The van der Waals surface area contributed by atoms with Crippen molar-refractivity contribution in [3.63, 3.8) is 0 Å². The van der Waals surface area contributed by atoms with E-state index in [1.807, 2.05) is 41.4 Å². The van der Waals surface area contributed by atoms with Crippen molar-refractivity contribution >= 4 is 29.0 Å². The molecule has 0 aliphatic heterocycles. The van der Waals surface area contributed by atoms with Crippen LogP contribution in [0.1, 0.15) is 13.3 Å². The molecule has 1 aromatic carbocycles. The number of imidazole rings is 1. The highest BCUT2D eigenvalue weighted by molar-refractivity contribution is 7.98.